The van der Waals surface area contributed by atoms with Gasteiger partial charge in [-0.3, -0.25) is 0 Å². The molecule has 0 unspecified atom stereocenters. The topological polar surface area (TPSA) is 49.5 Å². The summed E-state index contributed by atoms with van der Waals surface area (Å²) in [6.45, 7) is 7.02. The smallest absolute Gasteiger partial charge is 0.0543 e. The van der Waals surface area contributed by atoms with Crippen LogP contribution in [0, 0.1) is 34.5 Å². The van der Waals surface area contributed by atoms with E-state index in [0.717, 1.165) is 55.6 Å². The van der Waals surface area contributed by atoms with Crippen LogP contribution in [0.2, 0.25) is 0 Å². The van der Waals surface area contributed by atoms with Crippen LogP contribution in [0.3, 0.4) is 0 Å². The highest BCUT2D eigenvalue weighted by atomic mass is 16.3. The van der Waals surface area contributed by atoms with Crippen molar-refractivity contribution in [3.05, 3.63) is 0 Å². The van der Waals surface area contributed by atoms with Gasteiger partial charge in [0.15, 0.2) is 0 Å². The Morgan fingerprint density at radius 3 is 2.44 bits per heavy atom. The average molecular weight is 349 g/mol. The molecule has 0 heterocycles. The van der Waals surface area contributed by atoms with Crippen LogP contribution in [-0.4, -0.2) is 42.3 Å². The number of nitrogens with zero attached hydrogens (tertiary/aromatic N) is 1. The van der Waals surface area contributed by atoms with E-state index in [-0.39, 0.29) is 6.10 Å². The van der Waals surface area contributed by atoms with Gasteiger partial charge in [-0.2, -0.15) is 0 Å². The zero-order valence-corrected chi connectivity index (χ0v) is 16.7. The van der Waals surface area contributed by atoms with E-state index in [0.29, 0.717) is 10.8 Å². The Bertz CT molecular complexity index is 496. The summed E-state index contributed by atoms with van der Waals surface area (Å²) >= 11 is 0. The molecule has 0 spiro atoms. The highest BCUT2D eigenvalue weighted by molar-refractivity contribution is 5.11. The lowest BCUT2D eigenvalue weighted by Crippen LogP contribution is -2.56. The summed E-state index contributed by atoms with van der Waals surface area (Å²) in [4.78, 5) is 2.57. The minimum atomic E-state index is -0.0238. The van der Waals surface area contributed by atoms with Gasteiger partial charge in [0.1, 0.15) is 0 Å². The van der Waals surface area contributed by atoms with Gasteiger partial charge in [0, 0.05) is 19.1 Å². The van der Waals surface area contributed by atoms with Crippen molar-refractivity contribution in [2.24, 2.45) is 40.2 Å². The Morgan fingerprint density at radius 1 is 0.960 bits per heavy atom. The third kappa shape index (κ3) is 2.72. The highest BCUT2D eigenvalue weighted by Gasteiger charge is 2.60. The Balaban J connectivity index is 1.56. The van der Waals surface area contributed by atoms with Gasteiger partial charge in [-0.25, -0.2) is 0 Å². The minimum absolute atomic E-state index is 0.0238. The van der Waals surface area contributed by atoms with E-state index >= 15 is 0 Å². The normalized spacial score (nSPS) is 52.6. The molecule has 25 heavy (non-hydrogen) atoms. The lowest BCUT2D eigenvalue weighted by molar-refractivity contribution is -0.128. The minimum Gasteiger partial charge on any atom is -0.393 e. The van der Waals surface area contributed by atoms with Crippen molar-refractivity contribution in [1.29, 1.82) is 0 Å². The van der Waals surface area contributed by atoms with E-state index in [1.54, 1.807) is 0 Å². The number of hydrogen-bond acceptors (Lipinski definition) is 3. The van der Waals surface area contributed by atoms with Gasteiger partial charge in [0.05, 0.1) is 6.10 Å². The molecule has 8 atom stereocenters. The summed E-state index contributed by atoms with van der Waals surface area (Å²) in [5.74, 6) is 3.54. The SMILES string of the molecule is CN(CCN)[C@H]1CC[C@@H]2[C@H]3CC[C@H]4C[C@@H](O)CC[C@]4(C)[C@@H]3CC[C@@]21C. The molecule has 0 saturated heterocycles. The van der Waals surface area contributed by atoms with Crippen LogP contribution in [0.1, 0.15) is 71.6 Å². The fraction of sp³-hybridized carbons (Fsp3) is 1.00. The molecule has 0 bridgehead atoms. The molecule has 144 valence electrons. The van der Waals surface area contributed by atoms with Crippen molar-refractivity contribution in [1.82, 2.24) is 4.90 Å². The molecule has 0 aliphatic heterocycles. The summed E-state index contributed by atoms with van der Waals surface area (Å²) in [5, 5.41) is 10.2. The summed E-state index contributed by atoms with van der Waals surface area (Å²) in [6.07, 6.45) is 11.8. The standard InChI is InChI=1S/C22H40N2O/c1-21-10-8-16(25)14-15(21)4-5-17-18-6-7-20(24(3)13-12-23)22(18,2)11-9-19(17)21/h15-20,25H,4-14,23H2,1-3H3/t15-,16-,17+,18+,19+,20-,21-,22-/m0/s1. The second-order valence-corrected chi connectivity index (χ2v) is 10.5. The molecule has 3 heteroatoms. The molecule has 3 N–H and O–H groups in total. The molecule has 0 radical (unpaired) electrons. The van der Waals surface area contributed by atoms with Crippen molar-refractivity contribution in [2.75, 3.05) is 20.1 Å². The van der Waals surface area contributed by atoms with Crippen molar-refractivity contribution < 1.29 is 5.11 Å². The van der Waals surface area contributed by atoms with Crippen molar-refractivity contribution >= 4 is 0 Å². The Morgan fingerprint density at radius 2 is 1.68 bits per heavy atom. The molecule has 3 nitrogen and oxygen atoms in total. The molecule has 4 aliphatic rings. The number of nitrogens with two attached hydrogens (primary N) is 1. The molecule has 0 aromatic heterocycles. The van der Waals surface area contributed by atoms with Gasteiger partial charge in [0.25, 0.3) is 0 Å². The summed E-state index contributed by atoms with van der Waals surface area (Å²) < 4.78 is 0. The second-order valence-electron chi connectivity index (χ2n) is 10.5. The third-order valence-corrected chi connectivity index (χ3v) is 9.60. The number of hydrogen-bond donors (Lipinski definition) is 2. The van der Waals surface area contributed by atoms with Crippen LogP contribution in [0.5, 0.6) is 0 Å². The second kappa shape index (κ2) is 6.49. The molecule has 4 saturated carbocycles. The molecule has 0 amide bonds. The number of fused-ring (bicyclic) bond motifs is 5. The van der Waals surface area contributed by atoms with Crippen LogP contribution in [0.4, 0.5) is 0 Å². The van der Waals surface area contributed by atoms with Crippen molar-refractivity contribution in [3.63, 3.8) is 0 Å². The van der Waals surface area contributed by atoms with Gasteiger partial charge in [-0.1, -0.05) is 13.8 Å². The quantitative estimate of drug-likeness (QED) is 0.818. The Labute approximate surface area is 154 Å². The first kappa shape index (κ1) is 18.3. The van der Waals surface area contributed by atoms with Crippen LogP contribution in [0.15, 0.2) is 0 Å². The zero-order chi connectivity index (χ0) is 17.8. The van der Waals surface area contributed by atoms with E-state index in [1.165, 1.54) is 44.9 Å². The highest BCUT2D eigenvalue weighted by Crippen LogP contribution is 2.66. The van der Waals surface area contributed by atoms with Gasteiger partial charge < -0.3 is 15.7 Å². The maximum atomic E-state index is 10.2. The van der Waals surface area contributed by atoms with Gasteiger partial charge in [-0.05, 0) is 99.3 Å². The zero-order valence-electron chi connectivity index (χ0n) is 16.7. The number of likely N-dealkylation sites (N-methyl/N-ethyl adjacent to an activating group) is 1. The predicted molar refractivity (Wildman–Crippen MR) is 103 cm³/mol. The van der Waals surface area contributed by atoms with Crippen molar-refractivity contribution in [2.45, 2.75) is 83.8 Å². The van der Waals surface area contributed by atoms with Crippen LogP contribution < -0.4 is 5.73 Å². The lowest BCUT2D eigenvalue weighted by Gasteiger charge is -2.61. The summed E-state index contributed by atoms with van der Waals surface area (Å²) in [6, 6.07) is 0.737. The molecule has 0 aromatic rings. The van der Waals surface area contributed by atoms with E-state index in [2.05, 4.69) is 25.8 Å². The molecular formula is C22H40N2O. The molecular weight excluding hydrogens is 308 g/mol. The van der Waals surface area contributed by atoms with Crippen LogP contribution in [-0.2, 0) is 0 Å². The van der Waals surface area contributed by atoms with E-state index < -0.39 is 0 Å². The number of aliphatic hydroxyl groups excluding tert-OH is 1. The predicted octanol–water partition coefficient (Wildman–Crippen LogP) is 3.65. The maximum Gasteiger partial charge on any atom is 0.0543 e. The fourth-order valence-corrected chi connectivity index (χ4v) is 8.29. The molecule has 4 aliphatic carbocycles. The fourth-order valence-electron chi connectivity index (χ4n) is 8.29. The third-order valence-electron chi connectivity index (χ3n) is 9.60. The Hall–Kier alpha value is -0.120. The van der Waals surface area contributed by atoms with Crippen molar-refractivity contribution in [3.8, 4) is 0 Å². The van der Waals surface area contributed by atoms with Gasteiger partial charge in [0.2, 0.25) is 0 Å². The maximum absolute atomic E-state index is 10.2. The molecule has 0 aromatic carbocycles. The van der Waals surface area contributed by atoms with Crippen LogP contribution >= 0.6 is 0 Å². The first-order valence-corrected chi connectivity index (χ1v) is 11.0. The average Bonchev–Trinajstić information content (AvgIpc) is 2.93. The first-order chi connectivity index (χ1) is 11.9. The van der Waals surface area contributed by atoms with Gasteiger partial charge >= 0.3 is 0 Å². The van der Waals surface area contributed by atoms with Crippen LogP contribution in [0.25, 0.3) is 0 Å². The summed E-state index contributed by atoms with van der Waals surface area (Å²) in [5.41, 5.74) is 6.86. The van der Waals surface area contributed by atoms with E-state index in [4.69, 9.17) is 5.73 Å². The Kier molecular flexibility index (Phi) is 4.74. The van der Waals surface area contributed by atoms with Gasteiger partial charge in [-0.15, -0.1) is 0 Å². The van der Waals surface area contributed by atoms with E-state index in [9.17, 15) is 5.11 Å². The number of rotatable bonds is 3. The lowest BCUT2D eigenvalue weighted by atomic mass is 9.45. The first-order valence-electron chi connectivity index (χ1n) is 11.0. The summed E-state index contributed by atoms with van der Waals surface area (Å²) in [7, 11) is 2.30. The monoisotopic (exact) mass is 348 g/mol. The van der Waals surface area contributed by atoms with E-state index in [1.807, 2.05) is 0 Å². The number of aliphatic hydroxyl groups is 1. The molecule has 4 fully saturated rings. The largest absolute Gasteiger partial charge is 0.393 e. The molecule has 4 rings (SSSR count).